The summed E-state index contributed by atoms with van der Waals surface area (Å²) in [6.07, 6.45) is 4.97. The third kappa shape index (κ3) is 3.34. The van der Waals surface area contributed by atoms with Gasteiger partial charge in [0.25, 0.3) is 0 Å². The van der Waals surface area contributed by atoms with Crippen LogP contribution in [0.1, 0.15) is 29.8 Å². The van der Waals surface area contributed by atoms with Gasteiger partial charge in [0.1, 0.15) is 4.90 Å². The summed E-state index contributed by atoms with van der Waals surface area (Å²) in [5, 5.41) is 10.2. The van der Waals surface area contributed by atoms with Crippen LogP contribution in [0.15, 0.2) is 27.9 Å². The molecule has 3 heterocycles. The highest BCUT2D eigenvalue weighted by Gasteiger charge is 2.32. The Morgan fingerprint density at radius 2 is 2.13 bits per heavy atom. The van der Waals surface area contributed by atoms with E-state index in [1.54, 1.807) is 30.7 Å². The first-order valence-electron chi connectivity index (χ1n) is 7.74. The summed E-state index contributed by atoms with van der Waals surface area (Å²) in [7, 11) is -3.46. The average Bonchev–Trinajstić information content (AvgIpc) is 3.15. The molecule has 0 saturated carbocycles. The highest BCUT2D eigenvalue weighted by atomic mass is 32.2. The number of aromatic amines is 1. The molecule has 8 heteroatoms. The Morgan fingerprint density at radius 1 is 1.39 bits per heavy atom. The number of aryl methyl sites for hydroxylation is 2. The Kier molecular flexibility index (Phi) is 4.56. The Balaban J connectivity index is 1.60. The van der Waals surface area contributed by atoms with Crippen LogP contribution in [0.3, 0.4) is 0 Å². The van der Waals surface area contributed by atoms with Crippen LogP contribution in [-0.4, -0.2) is 42.1 Å². The van der Waals surface area contributed by atoms with E-state index in [-0.39, 0.29) is 0 Å². The predicted octanol–water partition coefficient (Wildman–Crippen LogP) is 1.56. The van der Waals surface area contributed by atoms with Crippen LogP contribution in [0.2, 0.25) is 0 Å². The number of hydrogen-bond acceptors (Lipinski definition) is 5. The fourth-order valence-electron chi connectivity index (χ4n) is 3.01. The summed E-state index contributed by atoms with van der Waals surface area (Å²) in [5.41, 5.74) is 2.23. The first-order chi connectivity index (χ1) is 11.0. The zero-order chi connectivity index (χ0) is 16.4. The van der Waals surface area contributed by atoms with Gasteiger partial charge in [0.2, 0.25) is 10.0 Å². The van der Waals surface area contributed by atoms with E-state index < -0.39 is 10.0 Å². The molecule has 23 heavy (non-hydrogen) atoms. The van der Waals surface area contributed by atoms with E-state index in [1.807, 2.05) is 6.07 Å². The lowest BCUT2D eigenvalue weighted by molar-refractivity contribution is 0.288. The average molecular weight is 338 g/mol. The largest absolute Gasteiger partial charge is 0.472 e. The molecule has 7 nitrogen and oxygen atoms in total. The smallest absolute Gasteiger partial charge is 0.246 e. The molecule has 2 aromatic heterocycles. The van der Waals surface area contributed by atoms with E-state index in [0.717, 1.165) is 24.9 Å². The number of rotatable bonds is 5. The normalized spacial score (nSPS) is 17.7. The SMILES string of the molecule is Cc1n[nH]c(C)c1S(=O)(=O)N1CCC(NCc2ccoc2)CC1. The molecular weight excluding hydrogens is 316 g/mol. The first kappa shape index (κ1) is 16.2. The molecule has 1 saturated heterocycles. The second-order valence-electron chi connectivity index (χ2n) is 5.95. The Morgan fingerprint density at radius 3 is 2.70 bits per heavy atom. The van der Waals surface area contributed by atoms with E-state index in [2.05, 4.69) is 15.5 Å². The van der Waals surface area contributed by atoms with Gasteiger partial charge in [-0.25, -0.2) is 8.42 Å². The Labute approximate surface area is 136 Å². The van der Waals surface area contributed by atoms with Crippen LogP contribution in [0.5, 0.6) is 0 Å². The van der Waals surface area contributed by atoms with Crippen molar-refractivity contribution < 1.29 is 12.8 Å². The van der Waals surface area contributed by atoms with Crippen LogP contribution in [-0.2, 0) is 16.6 Å². The molecular formula is C15H22N4O3S. The van der Waals surface area contributed by atoms with Crippen molar-refractivity contribution in [2.45, 2.75) is 44.2 Å². The van der Waals surface area contributed by atoms with E-state index in [4.69, 9.17) is 4.42 Å². The summed E-state index contributed by atoms with van der Waals surface area (Å²) in [4.78, 5) is 0.322. The van der Waals surface area contributed by atoms with Gasteiger partial charge < -0.3 is 9.73 Å². The van der Waals surface area contributed by atoms with Gasteiger partial charge in [0, 0.05) is 31.2 Å². The van der Waals surface area contributed by atoms with E-state index in [0.29, 0.717) is 35.4 Å². The number of H-pyrrole nitrogens is 1. The maximum Gasteiger partial charge on any atom is 0.246 e. The number of hydrogen-bond donors (Lipinski definition) is 2. The zero-order valence-electron chi connectivity index (χ0n) is 13.4. The van der Waals surface area contributed by atoms with Crippen LogP contribution in [0.4, 0.5) is 0 Å². The summed E-state index contributed by atoms with van der Waals surface area (Å²) >= 11 is 0. The van der Waals surface area contributed by atoms with Crippen LogP contribution in [0, 0.1) is 13.8 Å². The lowest BCUT2D eigenvalue weighted by Crippen LogP contribution is -2.44. The number of sulfonamides is 1. The molecule has 0 bridgehead atoms. The van der Waals surface area contributed by atoms with E-state index >= 15 is 0 Å². The number of nitrogens with zero attached hydrogens (tertiary/aromatic N) is 2. The lowest BCUT2D eigenvalue weighted by atomic mass is 10.1. The van der Waals surface area contributed by atoms with E-state index in [1.165, 1.54) is 0 Å². The first-order valence-corrected chi connectivity index (χ1v) is 9.18. The quantitative estimate of drug-likeness (QED) is 0.863. The van der Waals surface area contributed by atoms with Gasteiger partial charge in [-0.3, -0.25) is 5.10 Å². The van der Waals surface area contributed by atoms with Gasteiger partial charge in [0.15, 0.2) is 0 Å². The van der Waals surface area contributed by atoms with Crippen molar-refractivity contribution in [3.63, 3.8) is 0 Å². The van der Waals surface area contributed by atoms with Crippen molar-refractivity contribution in [1.29, 1.82) is 0 Å². The summed E-state index contributed by atoms with van der Waals surface area (Å²) in [6, 6.07) is 2.25. The minimum absolute atomic E-state index is 0.322. The molecule has 126 valence electrons. The van der Waals surface area contributed by atoms with Gasteiger partial charge in [-0.15, -0.1) is 0 Å². The molecule has 1 fully saturated rings. The fraction of sp³-hybridized carbons (Fsp3) is 0.533. The van der Waals surface area contributed by atoms with Crippen LogP contribution < -0.4 is 5.32 Å². The van der Waals surface area contributed by atoms with Gasteiger partial charge in [0.05, 0.1) is 23.9 Å². The van der Waals surface area contributed by atoms with Crippen molar-refractivity contribution in [2.24, 2.45) is 0 Å². The maximum atomic E-state index is 12.8. The molecule has 0 aromatic carbocycles. The van der Waals surface area contributed by atoms with Crippen LogP contribution >= 0.6 is 0 Å². The molecule has 0 unspecified atom stereocenters. The van der Waals surface area contributed by atoms with E-state index in [9.17, 15) is 8.42 Å². The third-order valence-electron chi connectivity index (χ3n) is 4.29. The lowest BCUT2D eigenvalue weighted by Gasteiger charge is -2.31. The molecule has 0 amide bonds. The maximum absolute atomic E-state index is 12.8. The molecule has 0 aliphatic carbocycles. The summed E-state index contributed by atoms with van der Waals surface area (Å²) in [5.74, 6) is 0. The Hall–Kier alpha value is -1.64. The highest BCUT2D eigenvalue weighted by Crippen LogP contribution is 2.24. The number of nitrogens with one attached hydrogen (secondary N) is 2. The minimum Gasteiger partial charge on any atom is -0.472 e. The molecule has 2 aromatic rings. The predicted molar refractivity (Wildman–Crippen MR) is 85.4 cm³/mol. The minimum atomic E-state index is -3.46. The molecule has 1 aliphatic heterocycles. The second kappa shape index (κ2) is 6.46. The number of piperidine rings is 1. The molecule has 0 atom stereocenters. The number of furan rings is 1. The van der Waals surface area contributed by atoms with Gasteiger partial charge >= 0.3 is 0 Å². The molecule has 0 spiro atoms. The Bertz CT molecular complexity index is 724. The monoisotopic (exact) mass is 338 g/mol. The van der Waals surface area contributed by atoms with Gasteiger partial charge in [-0.05, 0) is 32.8 Å². The molecule has 0 radical (unpaired) electrons. The second-order valence-corrected chi connectivity index (χ2v) is 7.83. The standard InChI is InChI=1S/C15H22N4O3S/c1-11-15(12(2)18-17-11)23(20,21)19-6-3-14(4-7-19)16-9-13-5-8-22-10-13/h5,8,10,14,16H,3-4,6-7,9H2,1-2H3,(H,17,18). The van der Waals surface area contributed by atoms with Crippen molar-refractivity contribution in [2.75, 3.05) is 13.1 Å². The van der Waals surface area contributed by atoms with Crippen molar-refractivity contribution in [3.05, 3.63) is 35.5 Å². The molecule has 2 N–H and O–H groups in total. The topological polar surface area (TPSA) is 91.2 Å². The van der Waals surface area contributed by atoms with Crippen molar-refractivity contribution >= 4 is 10.0 Å². The van der Waals surface area contributed by atoms with Crippen LogP contribution in [0.25, 0.3) is 0 Å². The van der Waals surface area contributed by atoms with Gasteiger partial charge in [-0.2, -0.15) is 9.40 Å². The highest BCUT2D eigenvalue weighted by molar-refractivity contribution is 7.89. The van der Waals surface area contributed by atoms with Crippen molar-refractivity contribution in [1.82, 2.24) is 19.8 Å². The zero-order valence-corrected chi connectivity index (χ0v) is 14.2. The summed E-state index contributed by atoms with van der Waals surface area (Å²) in [6.45, 7) is 5.25. The number of aromatic nitrogens is 2. The summed E-state index contributed by atoms with van der Waals surface area (Å²) < 4.78 is 32.2. The fourth-order valence-corrected chi connectivity index (χ4v) is 4.81. The molecule has 1 aliphatic rings. The van der Waals surface area contributed by atoms with Crippen molar-refractivity contribution in [3.8, 4) is 0 Å². The third-order valence-corrected chi connectivity index (χ3v) is 6.45. The van der Waals surface area contributed by atoms with Gasteiger partial charge in [-0.1, -0.05) is 0 Å². The molecule has 3 rings (SSSR count).